The average molecular weight is 497 g/mol. The van der Waals surface area contributed by atoms with Gasteiger partial charge in [0, 0.05) is 14.2 Å². The van der Waals surface area contributed by atoms with Crippen LogP contribution in [0.3, 0.4) is 0 Å². The molecular formula is C30H44O4Si. The van der Waals surface area contributed by atoms with Crippen molar-refractivity contribution in [2.24, 2.45) is 0 Å². The van der Waals surface area contributed by atoms with Crippen molar-refractivity contribution in [3.8, 4) is 0 Å². The predicted molar refractivity (Wildman–Crippen MR) is 146 cm³/mol. The van der Waals surface area contributed by atoms with Crippen molar-refractivity contribution >= 4 is 18.4 Å². The summed E-state index contributed by atoms with van der Waals surface area (Å²) in [6, 6.07) is 25.1. The zero-order valence-electron chi connectivity index (χ0n) is 22.1. The van der Waals surface area contributed by atoms with E-state index in [1.54, 1.807) is 0 Å². The van der Waals surface area contributed by atoms with Gasteiger partial charge in [-0.3, -0.25) is 0 Å². The van der Waals surface area contributed by atoms with Crippen LogP contribution < -0.4 is 10.4 Å². The fourth-order valence-electron chi connectivity index (χ4n) is 6.36. The van der Waals surface area contributed by atoms with Gasteiger partial charge in [-0.15, -0.1) is 0 Å². The van der Waals surface area contributed by atoms with Gasteiger partial charge in [0.15, 0.2) is 0 Å². The molecule has 2 fully saturated rings. The van der Waals surface area contributed by atoms with Crippen LogP contribution in [0.5, 0.6) is 0 Å². The molecule has 0 aromatic heterocycles. The highest BCUT2D eigenvalue weighted by molar-refractivity contribution is 7.02. The van der Waals surface area contributed by atoms with Crippen molar-refractivity contribution in [2.45, 2.75) is 87.9 Å². The summed E-state index contributed by atoms with van der Waals surface area (Å²) < 4.78 is 23.8. The summed E-state index contributed by atoms with van der Waals surface area (Å²) in [6.07, 6.45) is 6.87. The highest BCUT2D eigenvalue weighted by Gasteiger charge is 2.49. The highest BCUT2D eigenvalue weighted by atomic mass is 28.3. The lowest BCUT2D eigenvalue weighted by molar-refractivity contribution is -0.253. The zero-order chi connectivity index (χ0) is 24.8. The van der Waals surface area contributed by atoms with E-state index in [1.807, 2.05) is 14.2 Å². The molecule has 5 heteroatoms. The van der Waals surface area contributed by atoms with Gasteiger partial charge in [-0.1, -0.05) is 97.7 Å². The van der Waals surface area contributed by atoms with Crippen LogP contribution in [0.1, 0.15) is 52.4 Å². The zero-order valence-corrected chi connectivity index (χ0v) is 23.1. The maximum absolute atomic E-state index is 6.00. The van der Waals surface area contributed by atoms with Crippen LogP contribution in [0.4, 0.5) is 0 Å². The third-order valence-corrected chi connectivity index (χ3v) is 14.3. The molecule has 0 bridgehead atoms. The van der Waals surface area contributed by atoms with Crippen LogP contribution in [0, 0.1) is 0 Å². The Morgan fingerprint density at radius 2 is 1.11 bits per heavy atom. The topological polar surface area (TPSA) is 36.9 Å². The Bertz CT molecular complexity index is 809. The van der Waals surface area contributed by atoms with Gasteiger partial charge in [-0.2, -0.15) is 0 Å². The molecule has 0 aliphatic carbocycles. The Labute approximate surface area is 213 Å². The van der Waals surface area contributed by atoms with Gasteiger partial charge in [0.05, 0.1) is 25.4 Å². The molecule has 4 unspecified atom stereocenters. The lowest BCUT2D eigenvalue weighted by atomic mass is 9.86. The van der Waals surface area contributed by atoms with Crippen molar-refractivity contribution in [3.63, 3.8) is 0 Å². The molecule has 0 N–H and O–H groups in total. The number of rotatable bonds is 14. The summed E-state index contributed by atoms with van der Waals surface area (Å²) in [4.78, 5) is 0. The minimum atomic E-state index is -1.98. The Kier molecular flexibility index (Phi) is 8.88. The second kappa shape index (κ2) is 11.7. The molecule has 2 aromatic rings. The van der Waals surface area contributed by atoms with Gasteiger partial charge in [0.25, 0.3) is 0 Å². The van der Waals surface area contributed by atoms with Gasteiger partial charge in [0.2, 0.25) is 0 Å². The SMILES string of the molecule is CCC1(OC)COC1CCC[Si](CCCC1OCC1(CC)OC)(c1ccccc1)c1ccccc1. The molecule has 2 heterocycles. The Morgan fingerprint density at radius 1 is 0.714 bits per heavy atom. The Balaban J connectivity index is 1.54. The minimum Gasteiger partial charge on any atom is -0.373 e. The van der Waals surface area contributed by atoms with Gasteiger partial charge in [-0.05, 0) is 37.8 Å². The van der Waals surface area contributed by atoms with Gasteiger partial charge in [0.1, 0.15) is 19.3 Å². The van der Waals surface area contributed by atoms with E-state index in [9.17, 15) is 0 Å². The van der Waals surface area contributed by atoms with E-state index >= 15 is 0 Å². The number of methoxy groups -OCH3 is 2. The number of ether oxygens (including phenoxy) is 4. The molecule has 2 aromatic carbocycles. The third-order valence-electron chi connectivity index (χ3n) is 9.03. The van der Waals surface area contributed by atoms with E-state index in [1.165, 1.54) is 22.5 Å². The maximum atomic E-state index is 6.00. The first-order valence-electron chi connectivity index (χ1n) is 13.5. The fraction of sp³-hybridized carbons (Fsp3) is 0.600. The van der Waals surface area contributed by atoms with E-state index in [-0.39, 0.29) is 23.4 Å². The molecular weight excluding hydrogens is 452 g/mol. The average Bonchev–Trinajstić information content (AvgIpc) is 2.89. The first-order valence-corrected chi connectivity index (χ1v) is 15.9. The highest BCUT2D eigenvalue weighted by Crippen LogP contribution is 2.38. The van der Waals surface area contributed by atoms with Crippen molar-refractivity contribution in [2.75, 3.05) is 27.4 Å². The first-order chi connectivity index (χ1) is 17.1. The third kappa shape index (κ3) is 5.16. The summed E-state index contributed by atoms with van der Waals surface area (Å²) in [5.41, 5.74) is -0.177. The molecule has 0 amide bonds. The monoisotopic (exact) mass is 496 g/mol. The number of hydrogen-bond acceptors (Lipinski definition) is 4. The Morgan fingerprint density at radius 3 is 1.40 bits per heavy atom. The Hall–Kier alpha value is -1.50. The molecule has 0 spiro atoms. The quantitative estimate of drug-likeness (QED) is 0.337. The molecule has 0 radical (unpaired) electrons. The molecule has 4 rings (SSSR count). The summed E-state index contributed by atoms with van der Waals surface area (Å²) in [6.45, 7) is 5.88. The van der Waals surface area contributed by atoms with E-state index in [2.05, 4.69) is 74.5 Å². The summed E-state index contributed by atoms with van der Waals surface area (Å²) in [5.74, 6) is 0. The summed E-state index contributed by atoms with van der Waals surface area (Å²) >= 11 is 0. The molecule has 2 aliphatic heterocycles. The van der Waals surface area contributed by atoms with Crippen molar-refractivity contribution in [1.82, 2.24) is 0 Å². The lowest BCUT2D eigenvalue weighted by Gasteiger charge is -2.48. The van der Waals surface area contributed by atoms with E-state index < -0.39 is 8.07 Å². The van der Waals surface area contributed by atoms with Gasteiger partial charge in [-0.25, -0.2) is 0 Å². The maximum Gasteiger partial charge on any atom is 0.118 e. The smallest absolute Gasteiger partial charge is 0.118 e. The normalized spacial score (nSPS) is 28.3. The summed E-state index contributed by atoms with van der Waals surface area (Å²) in [7, 11) is 1.69. The van der Waals surface area contributed by atoms with Crippen LogP contribution in [-0.2, 0) is 18.9 Å². The van der Waals surface area contributed by atoms with Crippen LogP contribution in [0.2, 0.25) is 12.1 Å². The minimum absolute atomic E-state index is 0.0884. The van der Waals surface area contributed by atoms with Crippen LogP contribution >= 0.6 is 0 Å². The first kappa shape index (κ1) is 26.6. The van der Waals surface area contributed by atoms with Crippen molar-refractivity contribution in [3.05, 3.63) is 60.7 Å². The second-order valence-electron chi connectivity index (χ2n) is 10.4. The second-order valence-corrected chi connectivity index (χ2v) is 14.8. The molecule has 4 nitrogen and oxygen atoms in total. The molecule has 192 valence electrons. The predicted octanol–water partition coefficient (Wildman–Crippen LogP) is 5.20. The van der Waals surface area contributed by atoms with Crippen molar-refractivity contribution in [1.29, 1.82) is 0 Å². The largest absolute Gasteiger partial charge is 0.373 e. The fourth-order valence-corrected chi connectivity index (χ4v) is 11.4. The van der Waals surface area contributed by atoms with Crippen LogP contribution in [0.15, 0.2) is 60.7 Å². The standard InChI is InChI=1S/C30H44O4Si/c1-5-29(31-3)23-33-27(29)19-13-21-35(25-15-9-7-10-16-25,26-17-11-8-12-18-26)22-14-20-28-30(6-2,32-4)24-34-28/h7-12,15-18,27-28H,5-6,13-14,19-24H2,1-4H3. The van der Waals surface area contributed by atoms with E-state index in [4.69, 9.17) is 18.9 Å². The molecule has 2 aliphatic rings. The van der Waals surface area contributed by atoms with E-state index in [0.29, 0.717) is 0 Å². The molecule has 35 heavy (non-hydrogen) atoms. The lowest BCUT2D eigenvalue weighted by Crippen LogP contribution is -2.61. The summed E-state index contributed by atoms with van der Waals surface area (Å²) in [5, 5.41) is 3.08. The van der Waals surface area contributed by atoms with Gasteiger partial charge >= 0.3 is 0 Å². The molecule has 2 saturated heterocycles. The van der Waals surface area contributed by atoms with Crippen molar-refractivity contribution < 1.29 is 18.9 Å². The van der Waals surface area contributed by atoms with Crippen LogP contribution in [0.25, 0.3) is 0 Å². The van der Waals surface area contributed by atoms with Crippen LogP contribution in [-0.4, -0.2) is 58.9 Å². The molecule has 4 atom stereocenters. The molecule has 0 saturated carbocycles. The number of hydrogen-bond donors (Lipinski definition) is 0. The number of benzene rings is 2. The van der Waals surface area contributed by atoms with Gasteiger partial charge < -0.3 is 18.9 Å². The van der Waals surface area contributed by atoms with E-state index in [0.717, 1.165) is 51.7 Å².